The van der Waals surface area contributed by atoms with E-state index in [0.717, 1.165) is 66.9 Å². The molecule has 298 valence electrons. The van der Waals surface area contributed by atoms with Gasteiger partial charge in [0.25, 0.3) is 0 Å². The van der Waals surface area contributed by atoms with Gasteiger partial charge in [0.1, 0.15) is 17.2 Å². The number of aryl methyl sites for hydroxylation is 2. The molecule has 8 heteroatoms. The van der Waals surface area contributed by atoms with Crippen LogP contribution in [-0.2, 0) is 31.9 Å². The minimum atomic E-state index is -0.0349. The predicted octanol–water partition coefficient (Wildman–Crippen LogP) is 13.5. The quantitative estimate of drug-likeness (QED) is 0.160. The van der Waals surface area contributed by atoms with Crippen molar-refractivity contribution >= 4 is 66.6 Å². The van der Waals surface area contributed by atoms with Crippen molar-refractivity contribution in [3.8, 4) is 17.3 Å². The molecule has 7 nitrogen and oxygen atoms in total. The van der Waals surface area contributed by atoms with Crippen molar-refractivity contribution in [1.29, 1.82) is 0 Å². The van der Waals surface area contributed by atoms with Gasteiger partial charge in [0.05, 0.1) is 5.69 Å². The summed E-state index contributed by atoms with van der Waals surface area (Å²) in [7, 11) is 0. The second kappa shape index (κ2) is 14.1. The van der Waals surface area contributed by atoms with E-state index in [0.29, 0.717) is 17.1 Å². The van der Waals surface area contributed by atoms with Gasteiger partial charge in [0, 0.05) is 67.1 Å². The summed E-state index contributed by atoms with van der Waals surface area (Å²) in [5.41, 5.74) is 11.0. The molecule has 0 amide bonds. The summed E-state index contributed by atoms with van der Waals surface area (Å²) >= 11 is 0. The van der Waals surface area contributed by atoms with Gasteiger partial charge < -0.3 is 23.5 Å². The Bertz CT molecular complexity index is 3070. The number of para-hydroxylation sites is 2. The Hall–Kier alpha value is -5.91. The van der Waals surface area contributed by atoms with Crippen molar-refractivity contribution in [3.05, 3.63) is 157 Å². The molecule has 59 heavy (non-hydrogen) atoms. The molecule has 0 saturated heterocycles. The summed E-state index contributed by atoms with van der Waals surface area (Å²) in [6, 6.07) is 42.9. The Morgan fingerprint density at radius 3 is 2.14 bits per heavy atom. The fourth-order valence-electron chi connectivity index (χ4n) is 8.35. The van der Waals surface area contributed by atoms with E-state index in [2.05, 4.69) is 155 Å². The molecular formula is C51H44N5O2Pt-3. The van der Waals surface area contributed by atoms with Gasteiger partial charge in [-0.3, -0.25) is 0 Å². The van der Waals surface area contributed by atoms with E-state index in [9.17, 15) is 0 Å². The molecule has 0 fully saturated rings. The molecule has 1 aliphatic heterocycles. The van der Waals surface area contributed by atoms with Crippen LogP contribution in [-0.4, -0.2) is 14.5 Å². The van der Waals surface area contributed by atoms with E-state index < -0.39 is 0 Å². The van der Waals surface area contributed by atoms with Crippen LogP contribution in [0.5, 0.6) is 11.5 Å². The van der Waals surface area contributed by atoms with Crippen molar-refractivity contribution in [3.63, 3.8) is 0 Å². The van der Waals surface area contributed by atoms with Crippen LogP contribution in [0.3, 0.4) is 0 Å². The van der Waals surface area contributed by atoms with Crippen molar-refractivity contribution in [1.82, 2.24) is 14.5 Å². The first-order valence-corrected chi connectivity index (χ1v) is 19.8. The summed E-state index contributed by atoms with van der Waals surface area (Å²) in [5, 5.41) is 4.12. The van der Waals surface area contributed by atoms with Crippen LogP contribution in [0.4, 0.5) is 22.9 Å². The number of rotatable bonds is 5. The predicted molar refractivity (Wildman–Crippen MR) is 236 cm³/mol. The maximum atomic E-state index is 6.80. The third kappa shape index (κ3) is 6.47. The standard InChI is InChI=1S/C51H44N5O2.Pt/c1-31-24-34(51(6,7)8)25-32(2)47(31)55-30-54(42-17-13-22-53-49(42)55)44-29-36(27-40-39-15-10-12-18-45(39)58-48(40)44)57-35-19-20-38-37-14-9-11-16-41(37)56(43(38)28-35)46-26-33(21-23-52-46)50(3,4)5;/h9-27,30H,1-8H3;/q-3;. The first-order chi connectivity index (χ1) is 27.8. The molecule has 9 aromatic rings. The molecule has 5 heterocycles. The van der Waals surface area contributed by atoms with E-state index in [1.165, 1.54) is 22.3 Å². The van der Waals surface area contributed by atoms with Crippen LogP contribution in [0.15, 0.2) is 120 Å². The van der Waals surface area contributed by atoms with Gasteiger partial charge >= 0.3 is 0 Å². The summed E-state index contributed by atoms with van der Waals surface area (Å²) < 4.78 is 15.6. The van der Waals surface area contributed by atoms with Gasteiger partial charge in [-0.25, -0.2) is 9.97 Å². The number of benzene rings is 5. The zero-order chi connectivity index (χ0) is 40.1. The molecule has 0 unspecified atom stereocenters. The monoisotopic (exact) mass is 953 g/mol. The molecule has 0 aliphatic carbocycles. The molecular weight excluding hydrogens is 910 g/mol. The molecule has 0 bridgehead atoms. The third-order valence-corrected chi connectivity index (χ3v) is 11.3. The first-order valence-electron chi connectivity index (χ1n) is 19.8. The summed E-state index contributed by atoms with van der Waals surface area (Å²) in [6.45, 7) is 19.9. The molecule has 4 aromatic heterocycles. The Morgan fingerprint density at radius 2 is 1.37 bits per heavy atom. The van der Waals surface area contributed by atoms with E-state index in [-0.39, 0.29) is 31.9 Å². The fourth-order valence-corrected chi connectivity index (χ4v) is 8.35. The summed E-state index contributed by atoms with van der Waals surface area (Å²) in [4.78, 5) is 14.1. The maximum Gasteiger partial charge on any atom is 0.135 e. The minimum absolute atomic E-state index is 0. The van der Waals surface area contributed by atoms with Crippen LogP contribution in [0, 0.1) is 32.6 Å². The summed E-state index contributed by atoms with van der Waals surface area (Å²) in [5.74, 6) is 2.78. The number of fused-ring (bicyclic) bond motifs is 7. The SMILES string of the molecule is Cc1cc(C(C)(C)C)cc(C)c1N1[CH-]N(c2[c-]c(Oc3[c-]c4c(cc3)c3ccccc3n4-c3cc(C(C)(C)C)ccn3)cc3c2oc2ccccc23)c2cccnc21.[Pt]. The van der Waals surface area contributed by atoms with E-state index in [4.69, 9.17) is 19.1 Å². The molecule has 1 aliphatic rings. The zero-order valence-corrected chi connectivity index (χ0v) is 36.7. The molecule has 0 radical (unpaired) electrons. The van der Waals surface area contributed by atoms with E-state index in [1.807, 2.05) is 48.8 Å². The smallest absolute Gasteiger partial charge is 0.135 e. The van der Waals surface area contributed by atoms with Gasteiger partial charge in [-0.1, -0.05) is 107 Å². The largest absolute Gasteiger partial charge is 0.514 e. The Morgan fingerprint density at radius 1 is 0.644 bits per heavy atom. The van der Waals surface area contributed by atoms with Gasteiger partial charge in [0.2, 0.25) is 0 Å². The average molecular weight is 954 g/mol. The van der Waals surface area contributed by atoms with Gasteiger partial charge in [-0.2, -0.15) is 6.07 Å². The number of pyridine rings is 2. The first kappa shape index (κ1) is 38.6. The molecule has 5 aromatic carbocycles. The van der Waals surface area contributed by atoms with E-state index in [1.54, 1.807) is 0 Å². The number of aromatic nitrogens is 3. The Balaban J connectivity index is 0.00000449. The Labute approximate surface area is 359 Å². The molecule has 10 rings (SSSR count). The van der Waals surface area contributed by atoms with Crippen molar-refractivity contribution in [2.75, 3.05) is 9.80 Å². The van der Waals surface area contributed by atoms with Gasteiger partial charge in [-0.05, 0) is 88.7 Å². The van der Waals surface area contributed by atoms with Crippen LogP contribution in [0.1, 0.15) is 63.8 Å². The fraction of sp³-hybridized carbons (Fsp3) is 0.196. The van der Waals surface area contributed by atoms with Crippen LogP contribution in [0.25, 0.3) is 49.6 Å². The number of nitrogens with zero attached hydrogens (tertiary/aromatic N) is 5. The van der Waals surface area contributed by atoms with Gasteiger partial charge in [-0.15, -0.1) is 36.3 Å². The Kier molecular flexibility index (Phi) is 9.24. The van der Waals surface area contributed by atoms with Gasteiger partial charge in [0.15, 0.2) is 0 Å². The zero-order valence-electron chi connectivity index (χ0n) is 34.4. The van der Waals surface area contributed by atoms with Crippen LogP contribution >= 0.6 is 0 Å². The number of anilines is 4. The maximum absolute atomic E-state index is 6.80. The molecule has 0 saturated carbocycles. The molecule has 0 atom stereocenters. The topological polar surface area (TPSA) is 59.6 Å². The minimum Gasteiger partial charge on any atom is -0.514 e. The number of hydrogen-bond donors (Lipinski definition) is 0. The molecule has 0 spiro atoms. The number of ether oxygens (including phenoxy) is 1. The van der Waals surface area contributed by atoms with Crippen molar-refractivity contribution in [2.45, 2.75) is 66.2 Å². The third-order valence-electron chi connectivity index (χ3n) is 11.3. The normalized spacial score (nSPS) is 13.2. The average Bonchev–Trinajstić information content (AvgIpc) is 3.87. The van der Waals surface area contributed by atoms with Crippen molar-refractivity contribution < 1.29 is 30.2 Å². The van der Waals surface area contributed by atoms with Crippen LogP contribution < -0.4 is 14.5 Å². The van der Waals surface area contributed by atoms with E-state index >= 15 is 0 Å². The number of hydrogen-bond acceptors (Lipinski definition) is 6. The number of furan rings is 1. The molecule has 0 N–H and O–H groups in total. The van der Waals surface area contributed by atoms with Crippen molar-refractivity contribution in [2.24, 2.45) is 0 Å². The second-order valence-electron chi connectivity index (χ2n) is 17.4. The second-order valence-corrected chi connectivity index (χ2v) is 17.4. The summed E-state index contributed by atoms with van der Waals surface area (Å²) in [6.07, 6.45) is 3.74. The van der Waals surface area contributed by atoms with Crippen LogP contribution in [0.2, 0.25) is 0 Å².